The maximum atomic E-state index is 12.5. The molecule has 1 aliphatic rings. The van der Waals surface area contributed by atoms with Crippen molar-refractivity contribution in [3.05, 3.63) is 76.1 Å². The molecule has 0 spiro atoms. The second-order valence-electron chi connectivity index (χ2n) is 6.86. The lowest BCUT2D eigenvalue weighted by molar-refractivity contribution is 0.0949. The predicted octanol–water partition coefficient (Wildman–Crippen LogP) is 3.14. The van der Waals surface area contributed by atoms with Gasteiger partial charge in [0.2, 0.25) is 0 Å². The number of hydrogen-bond acceptors (Lipinski definition) is 5. The monoisotopic (exact) mass is 406 g/mol. The molecule has 7 nitrogen and oxygen atoms in total. The van der Waals surface area contributed by atoms with Gasteiger partial charge in [-0.15, -0.1) is 0 Å². The van der Waals surface area contributed by atoms with Crippen molar-refractivity contribution in [1.29, 1.82) is 0 Å². The predicted molar refractivity (Wildman–Crippen MR) is 112 cm³/mol. The second-order valence-corrected chi connectivity index (χ2v) is 6.86. The van der Waals surface area contributed by atoms with E-state index < -0.39 is 11.5 Å². The molecule has 154 valence electrons. The summed E-state index contributed by atoms with van der Waals surface area (Å²) in [5.74, 6) is 1.66. The van der Waals surface area contributed by atoms with Crippen LogP contribution in [0.1, 0.15) is 22.3 Å². The molecule has 2 heterocycles. The van der Waals surface area contributed by atoms with Gasteiger partial charge in [-0.2, -0.15) is 0 Å². The molecule has 3 aromatic rings. The number of benzene rings is 2. The van der Waals surface area contributed by atoms with Gasteiger partial charge in [0.15, 0.2) is 11.5 Å². The van der Waals surface area contributed by atoms with Gasteiger partial charge in [-0.3, -0.25) is 9.59 Å². The van der Waals surface area contributed by atoms with Crippen LogP contribution in [-0.2, 0) is 6.54 Å². The first-order chi connectivity index (χ1) is 14.6. The Bertz CT molecular complexity index is 1110. The van der Waals surface area contributed by atoms with E-state index >= 15 is 0 Å². The van der Waals surface area contributed by atoms with E-state index in [1.807, 2.05) is 42.5 Å². The second kappa shape index (κ2) is 8.73. The first-order valence-electron chi connectivity index (χ1n) is 9.68. The summed E-state index contributed by atoms with van der Waals surface area (Å²) in [4.78, 5) is 27.7. The van der Waals surface area contributed by atoms with Crippen LogP contribution in [0.15, 0.2) is 59.4 Å². The maximum Gasteiger partial charge on any atom is 0.261 e. The Morgan fingerprint density at radius 2 is 1.80 bits per heavy atom. The zero-order valence-electron chi connectivity index (χ0n) is 16.6. The average Bonchev–Trinajstić information content (AvgIpc) is 3.02. The molecule has 1 aromatic heterocycles. The number of pyridine rings is 1. The van der Waals surface area contributed by atoms with Crippen LogP contribution in [0.3, 0.4) is 0 Å². The van der Waals surface area contributed by atoms with Crippen LogP contribution in [0.25, 0.3) is 11.3 Å². The van der Waals surface area contributed by atoms with Crippen LogP contribution in [-0.4, -0.2) is 31.2 Å². The third-order valence-corrected chi connectivity index (χ3v) is 4.82. The van der Waals surface area contributed by atoms with Crippen molar-refractivity contribution in [2.75, 3.05) is 20.3 Å². The number of carbonyl (C=O) groups excluding carboxylic acids is 1. The van der Waals surface area contributed by atoms with Crippen molar-refractivity contribution >= 4 is 5.91 Å². The molecule has 7 heteroatoms. The van der Waals surface area contributed by atoms with E-state index in [1.165, 1.54) is 6.07 Å². The largest absolute Gasteiger partial charge is 0.497 e. The van der Waals surface area contributed by atoms with E-state index in [0.29, 0.717) is 30.4 Å². The molecular weight excluding hydrogens is 384 g/mol. The summed E-state index contributed by atoms with van der Waals surface area (Å²) in [6, 6.07) is 16.1. The fourth-order valence-corrected chi connectivity index (χ4v) is 3.19. The maximum absolute atomic E-state index is 12.5. The van der Waals surface area contributed by atoms with E-state index in [2.05, 4.69) is 10.3 Å². The van der Waals surface area contributed by atoms with E-state index in [-0.39, 0.29) is 12.1 Å². The third kappa shape index (κ3) is 4.30. The molecule has 1 amide bonds. The minimum absolute atomic E-state index is 0.0570. The minimum Gasteiger partial charge on any atom is -0.497 e. The molecule has 2 N–H and O–H groups in total. The Morgan fingerprint density at radius 3 is 2.53 bits per heavy atom. The zero-order chi connectivity index (χ0) is 20.9. The molecule has 30 heavy (non-hydrogen) atoms. The highest BCUT2D eigenvalue weighted by atomic mass is 16.5. The van der Waals surface area contributed by atoms with Gasteiger partial charge in [0, 0.05) is 18.7 Å². The highest BCUT2D eigenvalue weighted by Crippen LogP contribution is 2.30. The van der Waals surface area contributed by atoms with Gasteiger partial charge in [-0.25, -0.2) is 0 Å². The summed E-state index contributed by atoms with van der Waals surface area (Å²) in [5.41, 5.74) is 1.93. The molecule has 1 aliphatic heterocycles. The van der Waals surface area contributed by atoms with Gasteiger partial charge >= 0.3 is 0 Å². The Balaban J connectivity index is 1.44. The highest BCUT2D eigenvalue weighted by Gasteiger charge is 2.14. The quantitative estimate of drug-likeness (QED) is 0.680. The number of methoxy groups -OCH3 is 1. The number of amides is 1. The van der Waals surface area contributed by atoms with Gasteiger partial charge in [0.25, 0.3) is 11.5 Å². The summed E-state index contributed by atoms with van der Waals surface area (Å²) in [5, 5.41) is 2.78. The lowest BCUT2D eigenvalue weighted by Gasteiger charge is -2.10. The van der Waals surface area contributed by atoms with E-state index in [1.54, 1.807) is 13.2 Å². The average molecular weight is 406 g/mol. The number of rotatable bonds is 5. The Hall–Kier alpha value is -3.74. The molecule has 0 saturated heterocycles. The molecule has 0 saturated carbocycles. The smallest absolute Gasteiger partial charge is 0.261 e. The SMILES string of the molecule is COc1ccc(-c2ccc(C(=O)NCc3ccc4c(c3)OCCCO4)c(=O)[nH]2)cc1. The molecule has 0 radical (unpaired) electrons. The van der Waals surface area contributed by atoms with Crippen molar-refractivity contribution in [2.45, 2.75) is 13.0 Å². The first kappa shape index (κ1) is 19.6. The van der Waals surface area contributed by atoms with Crippen LogP contribution in [0.2, 0.25) is 0 Å². The Morgan fingerprint density at radius 1 is 1.03 bits per heavy atom. The Labute approximate surface area is 173 Å². The van der Waals surface area contributed by atoms with E-state index in [0.717, 1.165) is 23.3 Å². The first-order valence-corrected chi connectivity index (χ1v) is 9.68. The molecule has 4 rings (SSSR count). The number of nitrogens with one attached hydrogen (secondary N) is 2. The molecule has 0 fully saturated rings. The summed E-state index contributed by atoms with van der Waals surface area (Å²) >= 11 is 0. The fourth-order valence-electron chi connectivity index (χ4n) is 3.19. The van der Waals surface area contributed by atoms with Crippen molar-refractivity contribution in [1.82, 2.24) is 10.3 Å². The van der Waals surface area contributed by atoms with E-state index in [4.69, 9.17) is 14.2 Å². The van der Waals surface area contributed by atoms with Crippen LogP contribution < -0.4 is 25.1 Å². The zero-order valence-corrected chi connectivity index (χ0v) is 16.6. The Kier molecular flexibility index (Phi) is 5.70. The molecule has 0 bridgehead atoms. The van der Waals surface area contributed by atoms with Crippen molar-refractivity contribution in [3.8, 4) is 28.5 Å². The normalized spacial score (nSPS) is 12.7. The topological polar surface area (TPSA) is 89.7 Å². The number of aromatic amines is 1. The van der Waals surface area contributed by atoms with Crippen molar-refractivity contribution in [3.63, 3.8) is 0 Å². The fraction of sp³-hybridized carbons (Fsp3) is 0.217. The molecular formula is C23H22N2O5. The molecule has 0 aliphatic carbocycles. The van der Waals surface area contributed by atoms with Gasteiger partial charge in [-0.05, 0) is 59.7 Å². The van der Waals surface area contributed by atoms with Crippen molar-refractivity contribution in [2.24, 2.45) is 0 Å². The van der Waals surface area contributed by atoms with Gasteiger partial charge in [0.1, 0.15) is 11.3 Å². The molecule has 0 unspecified atom stereocenters. The number of carbonyl (C=O) groups is 1. The lowest BCUT2D eigenvalue weighted by atomic mass is 10.1. The lowest BCUT2D eigenvalue weighted by Crippen LogP contribution is -2.29. The number of ether oxygens (including phenoxy) is 3. The molecule has 0 atom stereocenters. The van der Waals surface area contributed by atoms with Crippen LogP contribution in [0.5, 0.6) is 17.2 Å². The van der Waals surface area contributed by atoms with Crippen molar-refractivity contribution < 1.29 is 19.0 Å². The van der Waals surface area contributed by atoms with Crippen LogP contribution in [0, 0.1) is 0 Å². The molecule has 2 aromatic carbocycles. The number of aromatic nitrogens is 1. The number of H-pyrrole nitrogens is 1. The van der Waals surface area contributed by atoms with Gasteiger partial charge < -0.3 is 24.5 Å². The highest BCUT2D eigenvalue weighted by molar-refractivity contribution is 5.94. The standard InChI is InChI=1S/C23H22N2O5/c1-28-17-6-4-16(5-7-17)19-9-8-18(23(27)25-19)22(26)24-14-15-3-10-20-21(13-15)30-12-2-11-29-20/h3-10,13H,2,11-12,14H2,1H3,(H,24,26)(H,25,27). The van der Waals surface area contributed by atoms with Crippen LogP contribution >= 0.6 is 0 Å². The minimum atomic E-state index is -0.445. The van der Waals surface area contributed by atoms with E-state index in [9.17, 15) is 9.59 Å². The number of fused-ring (bicyclic) bond motifs is 1. The summed E-state index contributed by atoms with van der Waals surface area (Å²) in [7, 11) is 1.59. The summed E-state index contributed by atoms with van der Waals surface area (Å²) in [6.45, 7) is 1.49. The van der Waals surface area contributed by atoms with Gasteiger partial charge in [-0.1, -0.05) is 6.07 Å². The third-order valence-electron chi connectivity index (χ3n) is 4.82. The number of hydrogen-bond donors (Lipinski definition) is 2. The van der Waals surface area contributed by atoms with Gasteiger partial charge in [0.05, 0.1) is 20.3 Å². The summed E-state index contributed by atoms with van der Waals surface area (Å²) < 4.78 is 16.4. The summed E-state index contributed by atoms with van der Waals surface area (Å²) in [6.07, 6.45) is 0.829. The van der Waals surface area contributed by atoms with Crippen LogP contribution in [0.4, 0.5) is 0 Å².